The van der Waals surface area contributed by atoms with Gasteiger partial charge in [-0.05, 0) is 45.4 Å². The number of aryl methyl sites for hydroxylation is 1. The van der Waals surface area contributed by atoms with Gasteiger partial charge in [0.15, 0.2) is 0 Å². The molecule has 142 valence electrons. The highest BCUT2D eigenvalue weighted by atomic mass is 16.4. The molecule has 2 heterocycles. The van der Waals surface area contributed by atoms with Crippen LogP contribution in [0.25, 0.3) is 33.4 Å². The van der Waals surface area contributed by atoms with E-state index in [1.54, 1.807) is 6.07 Å². The van der Waals surface area contributed by atoms with E-state index in [0.717, 1.165) is 16.4 Å². The van der Waals surface area contributed by atoms with Gasteiger partial charge in [0.1, 0.15) is 17.0 Å². The van der Waals surface area contributed by atoms with Crippen molar-refractivity contribution < 1.29 is 4.42 Å². The van der Waals surface area contributed by atoms with Crippen molar-refractivity contribution in [3.8, 4) is 11.4 Å². The van der Waals surface area contributed by atoms with Crippen molar-refractivity contribution in [3.05, 3.63) is 65.0 Å². The molecule has 0 unspecified atom stereocenters. The topological polar surface area (TPSA) is 51.3 Å². The Labute approximate surface area is 159 Å². The van der Waals surface area contributed by atoms with Crippen LogP contribution in [0.2, 0.25) is 0 Å². The van der Waals surface area contributed by atoms with Gasteiger partial charge in [-0.3, -0.25) is 0 Å². The minimum Gasteiger partial charge on any atom is -0.422 e. The van der Waals surface area contributed by atoms with Crippen LogP contribution in [0.5, 0.6) is 0 Å². The zero-order valence-corrected chi connectivity index (χ0v) is 16.9. The smallest absolute Gasteiger partial charge is 0.347 e. The van der Waals surface area contributed by atoms with Gasteiger partial charge in [0, 0.05) is 12.4 Å². The third-order valence-corrected chi connectivity index (χ3v) is 3.67. The molecular weight excluding hydrogens is 338 g/mol. The second-order valence-electron chi connectivity index (χ2n) is 6.31. The molecule has 0 saturated carbocycles. The van der Waals surface area contributed by atoms with Gasteiger partial charge >= 0.3 is 5.63 Å². The average molecular weight is 365 g/mol. The molecule has 2 aromatic carbocycles. The normalized spacial score (nSPS) is 10.3. The molecule has 2 aromatic heterocycles. The second kappa shape index (κ2) is 9.14. The minimum atomic E-state index is -0.368. The number of nitrogens with zero attached hydrogens (tertiary/aromatic N) is 3. The number of para-hydroxylation sites is 3. The molecule has 0 spiro atoms. The fraction of sp³-hybridized carbons (Fsp3) is 0.273. The Morgan fingerprint density at radius 2 is 1.56 bits per heavy atom. The molecule has 5 nitrogen and oxygen atoms in total. The highest BCUT2D eigenvalue weighted by Gasteiger charge is 2.14. The van der Waals surface area contributed by atoms with Crippen LogP contribution >= 0.6 is 0 Å². The van der Waals surface area contributed by atoms with E-state index < -0.39 is 0 Å². The summed E-state index contributed by atoms with van der Waals surface area (Å²) in [5, 5.41) is 0.888. The summed E-state index contributed by atoms with van der Waals surface area (Å²) in [4.78, 5) is 18.8. The van der Waals surface area contributed by atoms with E-state index in [4.69, 9.17) is 4.42 Å². The van der Waals surface area contributed by atoms with E-state index in [1.807, 2.05) is 100 Å². The first-order valence-electron chi connectivity index (χ1n) is 9.03. The maximum atomic E-state index is 12.2. The minimum absolute atomic E-state index is 0.368. The van der Waals surface area contributed by atoms with Gasteiger partial charge in [0.2, 0.25) is 0 Å². The van der Waals surface area contributed by atoms with Crippen molar-refractivity contribution in [1.82, 2.24) is 14.5 Å². The lowest BCUT2D eigenvalue weighted by molar-refractivity contribution is 0.505. The van der Waals surface area contributed by atoms with Gasteiger partial charge < -0.3 is 13.9 Å². The Balaban J connectivity index is 0.000000389. The van der Waals surface area contributed by atoms with Crippen molar-refractivity contribution in [3.63, 3.8) is 0 Å². The Hall–Kier alpha value is -2.92. The van der Waals surface area contributed by atoms with Crippen molar-refractivity contribution in [1.29, 1.82) is 0 Å². The van der Waals surface area contributed by atoms with Crippen LogP contribution < -0.4 is 5.63 Å². The summed E-state index contributed by atoms with van der Waals surface area (Å²) in [6, 6.07) is 17.1. The molecular formula is C22H27N3O2. The van der Waals surface area contributed by atoms with Crippen molar-refractivity contribution in [2.75, 3.05) is 21.1 Å². The van der Waals surface area contributed by atoms with Gasteiger partial charge in [-0.25, -0.2) is 9.78 Å². The lowest BCUT2D eigenvalue weighted by Gasteiger charge is -2.02. The molecule has 27 heavy (non-hydrogen) atoms. The molecule has 0 aliphatic heterocycles. The number of hydrogen-bond donors (Lipinski definition) is 0. The molecule has 4 aromatic rings. The number of imidazole rings is 1. The molecule has 0 radical (unpaired) electrons. The van der Waals surface area contributed by atoms with E-state index in [9.17, 15) is 4.79 Å². The summed E-state index contributed by atoms with van der Waals surface area (Å²) >= 11 is 0. The predicted octanol–water partition coefficient (Wildman–Crippen LogP) is 4.55. The zero-order chi connectivity index (χ0) is 20.0. The number of benzene rings is 2. The van der Waals surface area contributed by atoms with Gasteiger partial charge in [0.05, 0.1) is 11.0 Å². The van der Waals surface area contributed by atoms with Crippen molar-refractivity contribution in [2.24, 2.45) is 7.05 Å². The van der Waals surface area contributed by atoms with Crippen molar-refractivity contribution in [2.45, 2.75) is 13.8 Å². The lowest BCUT2D eigenvalue weighted by atomic mass is 10.2. The fourth-order valence-corrected chi connectivity index (χ4v) is 2.60. The van der Waals surface area contributed by atoms with Gasteiger partial charge in [-0.1, -0.05) is 44.2 Å². The number of fused-ring (bicyclic) bond motifs is 2. The first kappa shape index (κ1) is 20.4. The molecule has 4 rings (SSSR count). The van der Waals surface area contributed by atoms with E-state index in [1.165, 1.54) is 0 Å². The maximum Gasteiger partial charge on any atom is 0.347 e. The summed E-state index contributed by atoms with van der Waals surface area (Å²) in [5.41, 5.74) is 2.55. The summed E-state index contributed by atoms with van der Waals surface area (Å²) in [6.45, 7) is 4.00. The molecule has 0 aliphatic carbocycles. The van der Waals surface area contributed by atoms with Gasteiger partial charge in [0.25, 0.3) is 0 Å². The Morgan fingerprint density at radius 1 is 0.963 bits per heavy atom. The molecule has 0 N–H and O–H groups in total. The monoisotopic (exact) mass is 365 g/mol. The highest BCUT2D eigenvalue weighted by Crippen LogP contribution is 2.23. The first-order chi connectivity index (χ1) is 13.0. The number of hydrogen-bond acceptors (Lipinski definition) is 4. The van der Waals surface area contributed by atoms with Crippen LogP contribution in [-0.2, 0) is 7.05 Å². The molecule has 0 aliphatic rings. The van der Waals surface area contributed by atoms with Gasteiger partial charge in [-0.15, -0.1) is 0 Å². The van der Waals surface area contributed by atoms with Crippen LogP contribution in [0.3, 0.4) is 0 Å². The summed E-state index contributed by atoms with van der Waals surface area (Å²) in [7, 11) is 7.90. The largest absolute Gasteiger partial charge is 0.422 e. The molecule has 0 saturated heterocycles. The first-order valence-corrected chi connectivity index (χ1v) is 9.03. The summed E-state index contributed by atoms with van der Waals surface area (Å²) in [6.07, 6.45) is 0. The number of rotatable bonds is 1. The number of aromatic nitrogens is 2. The molecule has 0 bridgehead atoms. The molecule has 0 fully saturated rings. The van der Waals surface area contributed by atoms with E-state index in [-0.39, 0.29) is 5.63 Å². The molecule has 0 atom stereocenters. The van der Waals surface area contributed by atoms with Crippen LogP contribution in [0, 0.1) is 0 Å². The van der Waals surface area contributed by atoms with Crippen molar-refractivity contribution >= 4 is 22.0 Å². The summed E-state index contributed by atoms with van der Waals surface area (Å²) in [5.74, 6) is 0.621. The van der Waals surface area contributed by atoms with E-state index in [0.29, 0.717) is 17.0 Å². The van der Waals surface area contributed by atoms with Gasteiger partial charge in [-0.2, -0.15) is 0 Å². The summed E-state index contributed by atoms with van der Waals surface area (Å²) < 4.78 is 7.30. The second-order valence-corrected chi connectivity index (χ2v) is 6.31. The van der Waals surface area contributed by atoms with Crippen LogP contribution in [0.15, 0.2) is 63.8 Å². The van der Waals surface area contributed by atoms with Crippen LogP contribution in [-0.4, -0.2) is 35.6 Å². The van der Waals surface area contributed by atoms with E-state index >= 15 is 0 Å². The van der Waals surface area contributed by atoms with Crippen LogP contribution in [0.4, 0.5) is 0 Å². The third-order valence-electron chi connectivity index (χ3n) is 3.67. The lowest BCUT2D eigenvalue weighted by Crippen LogP contribution is -2.06. The Morgan fingerprint density at radius 3 is 2.22 bits per heavy atom. The maximum absolute atomic E-state index is 12.2. The predicted molar refractivity (Wildman–Crippen MR) is 113 cm³/mol. The Kier molecular flexibility index (Phi) is 6.91. The standard InChI is InChI=1S/C17H12N2O2.C3H9N.C2H6/c1-19-14-8-4-3-7-13(14)18-16(19)12-10-11-6-2-5-9-15(11)21-17(12)20;1-4(2)3;1-2/h2-10H,1H3;1-3H3;1-2H3. The Bertz CT molecular complexity index is 1070. The highest BCUT2D eigenvalue weighted by molar-refractivity contribution is 5.84. The SMILES string of the molecule is CC.CN(C)C.Cn1c(-c2cc3ccccc3oc2=O)nc2ccccc21. The molecule has 0 amide bonds. The fourth-order valence-electron chi connectivity index (χ4n) is 2.60. The molecule has 5 heteroatoms. The van der Waals surface area contributed by atoms with E-state index in [2.05, 4.69) is 4.98 Å². The average Bonchev–Trinajstić information content (AvgIpc) is 2.99. The zero-order valence-electron chi connectivity index (χ0n) is 16.9. The quantitative estimate of drug-likeness (QED) is 0.464. The van der Waals surface area contributed by atoms with Crippen LogP contribution in [0.1, 0.15) is 13.8 Å². The third kappa shape index (κ3) is 4.63.